The third-order valence-corrected chi connectivity index (χ3v) is 3.96. The largest absolute Gasteiger partial charge is 0.416 e. The Hall–Kier alpha value is -3.28. The van der Waals surface area contributed by atoms with E-state index in [1.54, 1.807) is 24.3 Å². The van der Waals surface area contributed by atoms with E-state index < -0.39 is 11.7 Å². The number of hydrogen-bond donors (Lipinski definition) is 2. The van der Waals surface area contributed by atoms with Gasteiger partial charge in [0.15, 0.2) is 5.75 Å². The van der Waals surface area contributed by atoms with Crippen molar-refractivity contribution in [3.8, 4) is 11.8 Å². The van der Waals surface area contributed by atoms with Crippen molar-refractivity contribution in [1.29, 1.82) is 5.26 Å². The molecule has 9 heteroatoms. The van der Waals surface area contributed by atoms with Crippen molar-refractivity contribution in [1.82, 2.24) is 5.32 Å². The van der Waals surface area contributed by atoms with Crippen molar-refractivity contribution in [3.63, 3.8) is 0 Å². The summed E-state index contributed by atoms with van der Waals surface area (Å²) in [5.41, 5.74) is 0.362. The zero-order valence-corrected chi connectivity index (χ0v) is 14.6. The first-order valence-electron chi connectivity index (χ1n) is 8.35. The molecule has 0 spiro atoms. The molecule has 1 aliphatic carbocycles. The van der Waals surface area contributed by atoms with E-state index in [0.29, 0.717) is 17.3 Å². The fraction of sp³-hybridized carbons (Fsp3) is 0.263. The minimum atomic E-state index is -4.39. The van der Waals surface area contributed by atoms with Crippen LogP contribution in [0, 0.1) is 11.3 Å². The van der Waals surface area contributed by atoms with Crippen LogP contribution >= 0.6 is 0 Å². The zero-order valence-electron chi connectivity index (χ0n) is 14.6. The number of nitrogens with one attached hydrogen (secondary N) is 2. The van der Waals surface area contributed by atoms with E-state index in [0.717, 1.165) is 37.1 Å². The van der Waals surface area contributed by atoms with Crippen molar-refractivity contribution in [3.05, 3.63) is 59.7 Å². The Kier molecular flexibility index (Phi) is 7.21. The summed E-state index contributed by atoms with van der Waals surface area (Å²) in [6.07, 6.45) is -1.08. The number of amides is 2. The minimum absolute atomic E-state index is 0.195. The van der Waals surface area contributed by atoms with E-state index in [9.17, 15) is 22.5 Å². The molecule has 28 heavy (non-hydrogen) atoms. The summed E-state index contributed by atoms with van der Waals surface area (Å²) in [6, 6.07) is 12.3. The molecular formula is C19H17F4N3O2. The lowest BCUT2D eigenvalue weighted by Gasteiger charge is -2.26. The van der Waals surface area contributed by atoms with Crippen molar-refractivity contribution in [2.75, 3.05) is 5.32 Å². The lowest BCUT2D eigenvalue weighted by Crippen LogP contribution is -2.41. The van der Waals surface area contributed by atoms with Crippen molar-refractivity contribution in [2.24, 2.45) is 0 Å². The van der Waals surface area contributed by atoms with E-state index in [2.05, 4.69) is 15.6 Å². The van der Waals surface area contributed by atoms with Crippen LogP contribution in [0.1, 0.15) is 30.4 Å². The van der Waals surface area contributed by atoms with Gasteiger partial charge in [-0.3, -0.25) is 4.94 Å². The molecule has 1 fully saturated rings. The summed E-state index contributed by atoms with van der Waals surface area (Å²) in [7, 11) is 0. The smallest absolute Gasteiger partial charge is 0.335 e. The predicted molar refractivity (Wildman–Crippen MR) is 94.1 cm³/mol. The Balaban J connectivity index is 0.000000209. The number of benzene rings is 2. The van der Waals surface area contributed by atoms with Gasteiger partial charge in [0.1, 0.15) is 0 Å². The summed E-state index contributed by atoms with van der Waals surface area (Å²) in [6.45, 7) is 0. The Labute approximate surface area is 158 Å². The number of nitriles is 1. The van der Waals surface area contributed by atoms with Gasteiger partial charge < -0.3 is 10.6 Å². The summed E-state index contributed by atoms with van der Waals surface area (Å²) in [5.74, 6) is -0.247. The second kappa shape index (κ2) is 9.60. The fourth-order valence-electron chi connectivity index (χ4n) is 2.27. The molecule has 0 bridgehead atoms. The molecule has 0 saturated heterocycles. The third-order valence-electron chi connectivity index (χ3n) is 3.96. The highest BCUT2D eigenvalue weighted by Gasteiger charge is 2.30. The molecule has 0 aromatic heterocycles. The Bertz CT molecular complexity index is 828. The van der Waals surface area contributed by atoms with E-state index in [1.165, 1.54) is 6.42 Å². The topological polar surface area (TPSA) is 74.1 Å². The van der Waals surface area contributed by atoms with Gasteiger partial charge in [0.25, 0.3) is 0 Å². The van der Waals surface area contributed by atoms with Crippen LogP contribution in [0.3, 0.4) is 0 Å². The molecule has 2 N–H and O–H groups in total. The van der Waals surface area contributed by atoms with Gasteiger partial charge in [-0.25, -0.2) is 4.79 Å². The van der Waals surface area contributed by atoms with Gasteiger partial charge in [-0.1, -0.05) is 6.07 Å². The molecule has 5 nitrogen and oxygen atoms in total. The van der Waals surface area contributed by atoms with E-state index >= 15 is 0 Å². The number of halogens is 4. The first-order chi connectivity index (χ1) is 13.3. The molecule has 2 aromatic carbocycles. The van der Waals surface area contributed by atoms with Gasteiger partial charge in [0.2, 0.25) is 0 Å². The molecule has 148 valence electrons. The van der Waals surface area contributed by atoms with Crippen LogP contribution < -0.4 is 15.6 Å². The number of carbonyl (C=O) groups is 1. The van der Waals surface area contributed by atoms with Crippen LogP contribution in [0.4, 0.5) is 28.2 Å². The number of rotatable bonds is 3. The Morgan fingerprint density at radius 3 is 2.32 bits per heavy atom. The van der Waals surface area contributed by atoms with Gasteiger partial charge >= 0.3 is 12.2 Å². The maximum Gasteiger partial charge on any atom is 0.416 e. The van der Waals surface area contributed by atoms with Crippen LogP contribution in [0.5, 0.6) is 5.75 Å². The molecular weight excluding hydrogens is 378 g/mol. The van der Waals surface area contributed by atoms with Crippen molar-refractivity contribution < 1.29 is 27.4 Å². The van der Waals surface area contributed by atoms with Crippen LogP contribution in [-0.2, 0) is 6.18 Å². The summed E-state index contributed by atoms with van der Waals surface area (Å²) >= 11 is 0. The van der Waals surface area contributed by atoms with Gasteiger partial charge in [-0.05, 0) is 61.7 Å². The summed E-state index contributed by atoms with van der Waals surface area (Å²) in [5, 5.41) is 14.3. The Morgan fingerprint density at radius 2 is 1.82 bits per heavy atom. The van der Waals surface area contributed by atoms with Crippen LogP contribution in [-0.4, -0.2) is 12.1 Å². The molecule has 1 aliphatic rings. The van der Waals surface area contributed by atoms with Crippen LogP contribution in [0.2, 0.25) is 0 Å². The predicted octanol–water partition coefficient (Wildman–Crippen LogP) is 5.20. The van der Waals surface area contributed by atoms with Gasteiger partial charge in [-0.2, -0.15) is 18.4 Å². The molecule has 0 unspecified atom stereocenters. The second-order valence-corrected chi connectivity index (χ2v) is 6.02. The number of nitrogens with zero attached hydrogens (tertiary/aromatic N) is 1. The van der Waals surface area contributed by atoms with E-state index in [-0.39, 0.29) is 11.8 Å². The summed E-state index contributed by atoms with van der Waals surface area (Å²) < 4.78 is 47.0. The molecule has 3 rings (SSSR count). The van der Waals surface area contributed by atoms with Gasteiger partial charge in [0.05, 0.1) is 17.2 Å². The number of carbonyl (C=O) groups excluding carboxylic acids is 1. The molecule has 0 heterocycles. The van der Waals surface area contributed by atoms with Crippen molar-refractivity contribution >= 4 is 11.7 Å². The monoisotopic (exact) mass is 395 g/mol. The average Bonchev–Trinajstić information content (AvgIpc) is 2.65. The normalized spacial score (nSPS) is 13.2. The van der Waals surface area contributed by atoms with E-state index in [4.69, 9.17) is 5.26 Å². The zero-order chi connectivity index (χ0) is 20.6. The first kappa shape index (κ1) is 21.0. The van der Waals surface area contributed by atoms with Gasteiger partial charge in [-0.15, -0.1) is 0 Å². The minimum Gasteiger partial charge on any atom is -0.335 e. The second-order valence-electron chi connectivity index (χ2n) is 6.02. The molecule has 0 atom stereocenters. The van der Waals surface area contributed by atoms with Crippen LogP contribution in [0.25, 0.3) is 0 Å². The lowest BCUT2D eigenvalue weighted by atomic mass is 9.93. The molecule has 0 aliphatic heterocycles. The number of anilines is 1. The molecule has 1 saturated carbocycles. The fourth-order valence-corrected chi connectivity index (χ4v) is 2.27. The highest BCUT2D eigenvalue weighted by Crippen LogP contribution is 2.30. The lowest BCUT2D eigenvalue weighted by molar-refractivity contribution is -0.137. The molecule has 0 radical (unpaired) electrons. The highest BCUT2D eigenvalue weighted by atomic mass is 19.4. The SMILES string of the molecule is FOc1ccc(C(F)(F)F)cc1.N#Cc1cccc(NC(=O)NC2CCC2)c1. The molecule has 2 aromatic rings. The van der Waals surface area contributed by atoms with Crippen LogP contribution in [0.15, 0.2) is 48.5 Å². The number of urea groups is 1. The highest BCUT2D eigenvalue weighted by molar-refractivity contribution is 5.89. The quantitative estimate of drug-likeness (QED) is 0.702. The van der Waals surface area contributed by atoms with Crippen molar-refractivity contribution in [2.45, 2.75) is 31.5 Å². The maximum absolute atomic E-state index is 11.9. The van der Waals surface area contributed by atoms with Gasteiger partial charge in [0, 0.05) is 16.3 Å². The first-order valence-corrected chi connectivity index (χ1v) is 8.35. The summed E-state index contributed by atoms with van der Waals surface area (Å²) in [4.78, 5) is 14.7. The molecule has 2 amide bonds. The number of alkyl halides is 3. The third kappa shape index (κ3) is 6.46. The maximum atomic E-state index is 11.9. The standard InChI is InChI=1S/C12H13N3O.C7H4F4O/c13-8-9-3-1-6-11(7-9)15-12(16)14-10-4-2-5-10;8-7(9,10)5-1-3-6(12-11)4-2-5/h1,3,6-7,10H,2,4-5H2,(H2,14,15,16);1-4H. The van der Waals surface area contributed by atoms with E-state index in [1.807, 2.05) is 6.07 Å². The average molecular weight is 395 g/mol. The number of hydrogen-bond acceptors (Lipinski definition) is 3. The Morgan fingerprint density at radius 1 is 1.14 bits per heavy atom.